The molecule has 128 valence electrons. The molecule has 0 saturated heterocycles. The van der Waals surface area contributed by atoms with Crippen LogP contribution in [0.5, 0.6) is 0 Å². The Morgan fingerprint density at radius 2 is 2.00 bits per heavy atom. The van der Waals surface area contributed by atoms with Crippen molar-refractivity contribution in [2.75, 3.05) is 0 Å². The number of halogens is 2. The van der Waals surface area contributed by atoms with Gasteiger partial charge < -0.3 is 11.5 Å². The second-order valence-corrected chi connectivity index (χ2v) is 5.77. The number of aliphatic imine (C=N–C) groups is 1. The zero-order chi connectivity index (χ0) is 18.8. The molecule has 0 fully saturated rings. The van der Waals surface area contributed by atoms with E-state index >= 15 is 0 Å². The normalized spacial score (nSPS) is 10.3. The molecule has 0 aliphatic carbocycles. The topological polar surface area (TPSA) is 118 Å². The molecular weight excluding hydrogens is 357 g/mol. The molecule has 1 amide bonds. The summed E-state index contributed by atoms with van der Waals surface area (Å²) in [6, 6.07) is 10.5. The van der Waals surface area contributed by atoms with Crippen LogP contribution in [0.3, 0.4) is 0 Å². The number of rotatable bonds is 2. The molecule has 0 radical (unpaired) electrons. The zero-order valence-corrected chi connectivity index (χ0v) is 14.0. The lowest BCUT2D eigenvalue weighted by Crippen LogP contribution is -2.24. The van der Waals surface area contributed by atoms with E-state index in [1.54, 1.807) is 6.07 Å². The lowest BCUT2D eigenvalue weighted by Gasteiger charge is -2.11. The summed E-state index contributed by atoms with van der Waals surface area (Å²) in [5.74, 6) is -1.62. The van der Waals surface area contributed by atoms with Gasteiger partial charge in [0, 0.05) is 28.3 Å². The highest BCUT2D eigenvalue weighted by Crippen LogP contribution is 2.36. The van der Waals surface area contributed by atoms with E-state index in [9.17, 15) is 9.18 Å². The molecule has 1 aromatic heterocycles. The Labute approximate surface area is 152 Å². The fourth-order valence-corrected chi connectivity index (χ4v) is 2.80. The van der Waals surface area contributed by atoms with Gasteiger partial charge in [0.15, 0.2) is 5.96 Å². The Balaban J connectivity index is 2.28. The Morgan fingerprint density at radius 1 is 1.23 bits per heavy atom. The molecule has 3 aromatic rings. The van der Waals surface area contributed by atoms with Crippen LogP contribution in [0.1, 0.15) is 15.9 Å². The number of benzene rings is 2. The van der Waals surface area contributed by atoms with Crippen molar-refractivity contribution in [2.24, 2.45) is 16.5 Å². The number of guanidine groups is 1. The number of fused-ring (bicyclic) bond motifs is 1. The first kappa shape index (κ1) is 17.3. The van der Waals surface area contributed by atoms with Crippen LogP contribution < -0.4 is 11.5 Å². The first-order valence-electron chi connectivity index (χ1n) is 7.33. The van der Waals surface area contributed by atoms with Crippen LogP contribution in [0, 0.1) is 17.1 Å². The van der Waals surface area contributed by atoms with Crippen molar-refractivity contribution in [3.8, 4) is 17.2 Å². The standard InChI is InChI=1S/C18H11ClFN5O/c19-13-8-24-15-4-2-10(17(26)25-18(22)23)6-12(15)16(13)11-3-1-9(7-21)5-14(11)20/h1-6,8H,(H4,22,23,25,26). The molecule has 0 saturated carbocycles. The van der Waals surface area contributed by atoms with Crippen molar-refractivity contribution in [2.45, 2.75) is 0 Å². The highest BCUT2D eigenvalue weighted by molar-refractivity contribution is 6.34. The molecule has 4 N–H and O–H groups in total. The van der Waals surface area contributed by atoms with Gasteiger partial charge in [-0.05, 0) is 30.3 Å². The highest BCUT2D eigenvalue weighted by atomic mass is 35.5. The summed E-state index contributed by atoms with van der Waals surface area (Å²) in [7, 11) is 0. The van der Waals surface area contributed by atoms with E-state index in [-0.39, 0.29) is 27.7 Å². The minimum absolute atomic E-state index is 0.185. The summed E-state index contributed by atoms with van der Waals surface area (Å²) < 4.78 is 14.5. The number of nitrogens with zero attached hydrogens (tertiary/aromatic N) is 3. The Kier molecular flexibility index (Phi) is 4.52. The smallest absolute Gasteiger partial charge is 0.280 e. The molecule has 0 bridgehead atoms. The number of amides is 1. The van der Waals surface area contributed by atoms with Crippen LogP contribution in [-0.4, -0.2) is 16.9 Å². The van der Waals surface area contributed by atoms with Crippen LogP contribution in [0.2, 0.25) is 5.02 Å². The lowest BCUT2D eigenvalue weighted by molar-refractivity contribution is 0.100. The Morgan fingerprint density at radius 3 is 2.65 bits per heavy atom. The van der Waals surface area contributed by atoms with Crippen LogP contribution in [-0.2, 0) is 0 Å². The van der Waals surface area contributed by atoms with Crippen LogP contribution in [0.25, 0.3) is 22.0 Å². The molecule has 0 unspecified atom stereocenters. The van der Waals surface area contributed by atoms with Gasteiger partial charge in [-0.2, -0.15) is 10.3 Å². The maximum absolute atomic E-state index is 14.5. The van der Waals surface area contributed by atoms with E-state index in [2.05, 4.69) is 9.98 Å². The number of hydrogen-bond acceptors (Lipinski definition) is 3. The second-order valence-electron chi connectivity index (χ2n) is 5.36. The van der Waals surface area contributed by atoms with Gasteiger partial charge in [0.05, 0.1) is 22.2 Å². The monoisotopic (exact) mass is 367 g/mol. The van der Waals surface area contributed by atoms with Gasteiger partial charge in [-0.15, -0.1) is 0 Å². The van der Waals surface area contributed by atoms with Gasteiger partial charge in [0.2, 0.25) is 0 Å². The molecule has 26 heavy (non-hydrogen) atoms. The number of aromatic nitrogens is 1. The predicted molar refractivity (Wildman–Crippen MR) is 97.0 cm³/mol. The van der Waals surface area contributed by atoms with Crippen molar-refractivity contribution < 1.29 is 9.18 Å². The van der Waals surface area contributed by atoms with E-state index in [1.807, 2.05) is 6.07 Å². The summed E-state index contributed by atoms with van der Waals surface area (Å²) in [6.45, 7) is 0. The summed E-state index contributed by atoms with van der Waals surface area (Å²) in [4.78, 5) is 19.7. The molecule has 0 atom stereocenters. The van der Waals surface area contributed by atoms with Gasteiger partial charge in [-0.3, -0.25) is 9.78 Å². The molecule has 8 heteroatoms. The third kappa shape index (κ3) is 3.18. The molecule has 0 aliphatic heterocycles. The quantitative estimate of drug-likeness (QED) is 0.533. The van der Waals surface area contributed by atoms with Crippen molar-refractivity contribution >= 4 is 34.4 Å². The van der Waals surface area contributed by atoms with Gasteiger partial charge in [0.1, 0.15) is 5.82 Å². The highest BCUT2D eigenvalue weighted by Gasteiger charge is 2.16. The van der Waals surface area contributed by atoms with Crippen LogP contribution in [0.4, 0.5) is 4.39 Å². The second kappa shape index (κ2) is 6.78. The fourth-order valence-electron chi connectivity index (χ4n) is 2.54. The van der Waals surface area contributed by atoms with Crippen molar-refractivity contribution in [1.82, 2.24) is 4.98 Å². The van der Waals surface area contributed by atoms with E-state index in [0.29, 0.717) is 16.5 Å². The first-order chi connectivity index (χ1) is 12.4. The lowest BCUT2D eigenvalue weighted by atomic mass is 9.98. The summed E-state index contributed by atoms with van der Waals surface area (Å²) in [6.07, 6.45) is 1.40. The Bertz CT molecular complexity index is 1120. The average Bonchev–Trinajstić information content (AvgIpc) is 2.61. The number of nitriles is 1. The van der Waals surface area contributed by atoms with E-state index < -0.39 is 11.7 Å². The number of carbonyl (C=O) groups excluding carboxylic acids is 1. The Hall–Kier alpha value is -3.50. The molecule has 6 nitrogen and oxygen atoms in total. The van der Waals surface area contributed by atoms with Crippen LogP contribution >= 0.6 is 11.6 Å². The van der Waals surface area contributed by atoms with Crippen molar-refractivity contribution in [3.05, 3.63) is 64.6 Å². The SMILES string of the molecule is N#Cc1ccc(-c2c(Cl)cnc3ccc(C(=O)N=C(N)N)cc23)c(F)c1. The average molecular weight is 368 g/mol. The van der Waals surface area contributed by atoms with Crippen molar-refractivity contribution in [1.29, 1.82) is 5.26 Å². The van der Waals surface area contributed by atoms with Gasteiger partial charge >= 0.3 is 0 Å². The predicted octanol–water partition coefficient (Wildman–Crippen LogP) is 2.98. The van der Waals surface area contributed by atoms with E-state index in [1.165, 1.54) is 30.5 Å². The molecular formula is C18H11ClFN5O. The van der Waals surface area contributed by atoms with Crippen LogP contribution in [0.15, 0.2) is 47.6 Å². The van der Waals surface area contributed by atoms with Gasteiger partial charge in [-0.25, -0.2) is 4.39 Å². The molecule has 3 rings (SSSR count). The summed E-state index contributed by atoms with van der Waals surface area (Å²) in [5, 5.41) is 9.55. The maximum Gasteiger partial charge on any atom is 0.280 e. The summed E-state index contributed by atoms with van der Waals surface area (Å²) in [5.41, 5.74) is 11.9. The molecule has 2 aromatic carbocycles. The molecule has 1 heterocycles. The number of nitrogens with two attached hydrogens (primary N) is 2. The first-order valence-corrected chi connectivity index (χ1v) is 7.70. The van der Waals surface area contributed by atoms with Crippen molar-refractivity contribution in [3.63, 3.8) is 0 Å². The number of hydrogen-bond donors (Lipinski definition) is 2. The number of pyridine rings is 1. The largest absolute Gasteiger partial charge is 0.370 e. The summed E-state index contributed by atoms with van der Waals surface area (Å²) >= 11 is 6.25. The van der Waals surface area contributed by atoms with E-state index in [4.69, 9.17) is 28.3 Å². The molecule has 0 aliphatic rings. The minimum atomic E-state index is -0.641. The third-order valence-corrected chi connectivity index (χ3v) is 3.95. The zero-order valence-electron chi connectivity index (χ0n) is 13.2. The van der Waals surface area contributed by atoms with Gasteiger partial charge in [-0.1, -0.05) is 17.7 Å². The third-order valence-electron chi connectivity index (χ3n) is 3.67. The maximum atomic E-state index is 14.5. The number of carbonyl (C=O) groups is 1. The van der Waals surface area contributed by atoms with Gasteiger partial charge in [0.25, 0.3) is 5.91 Å². The molecule has 0 spiro atoms. The minimum Gasteiger partial charge on any atom is -0.370 e. The van der Waals surface area contributed by atoms with E-state index in [0.717, 1.165) is 6.07 Å². The fraction of sp³-hybridized carbons (Fsp3) is 0.